The second-order valence-electron chi connectivity index (χ2n) is 7.84. The number of benzene rings is 2. The van der Waals surface area contributed by atoms with Crippen molar-refractivity contribution in [3.8, 4) is 5.75 Å². The summed E-state index contributed by atoms with van der Waals surface area (Å²) in [6, 6.07) is 11.1. The van der Waals surface area contributed by atoms with E-state index in [1.54, 1.807) is 18.2 Å². The van der Waals surface area contributed by atoms with Crippen molar-refractivity contribution in [2.24, 2.45) is 9.98 Å². The highest BCUT2D eigenvalue weighted by atomic mass is 35.5. The summed E-state index contributed by atoms with van der Waals surface area (Å²) < 4.78 is 56.3. The van der Waals surface area contributed by atoms with Gasteiger partial charge in [-0.25, -0.2) is 9.98 Å². The number of rotatable bonds is 6. The van der Waals surface area contributed by atoms with E-state index in [2.05, 4.69) is 15.3 Å². The number of hydrogen-bond donors (Lipinski definition) is 1. The van der Waals surface area contributed by atoms with Crippen LogP contribution in [-0.2, 0) is 22.1 Å². The molecule has 0 bridgehead atoms. The molecular formula is C23H23ClF3N3O3. The first-order valence-corrected chi connectivity index (χ1v) is 10.9. The lowest BCUT2D eigenvalue weighted by Gasteiger charge is -2.13. The van der Waals surface area contributed by atoms with Crippen molar-refractivity contribution < 1.29 is 27.4 Å². The van der Waals surface area contributed by atoms with Gasteiger partial charge in [0.1, 0.15) is 31.6 Å². The quantitative estimate of drug-likeness (QED) is 0.645. The molecular weight excluding hydrogens is 459 g/mol. The Hall–Kier alpha value is -2.94. The van der Waals surface area contributed by atoms with Crippen LogP contribution in [0.4, 0.5) is 13.2 Å². The minimum Gasteiger partial charge on any atom is -0.491 e. The van der Waals surface area contributed by atoms with Crippen molar-refractivity contribution in [3.05, 3.63) is 64.2 Å². The second-order valence-corrected chi connectivity index (χ2v) is 8.25. The summed E-state index contributed by atoms with van der Waals surface area (Å²) in [4.78, 5) is 8.80. The molecule has 6 nitrogen and oxygen atoms in total. The lowest BCUT2D eigenvalue weighted by molar-refractivity contribution is -0.138. The first-order chi connectivity index (χ1) is 15.8. The zero-order valence-electron chi connectivity index (χ0n) is 17.9. The molecule has 0 saturated heterocycles. The molecule has 1 N–H and O–H groups in total. The van der Waals surface area contributed by atoms with E-state index in [1.807, 2.05) is 13.0 Å². The summed E-state index contributed by atoms with van der Waals surface area (Å²) in [6.45, 7) is 2.87. The van der Waals surface area contributed by atoms with Crippen LogP contribution < -0.4 is 10.1 Å². The van der Waals surface area contributed by atoms with Gasteiger partial charge >= 0.3 is 6.18 Å². The molecule has 0 fully saturated rings. The van der Waals surface area contributed by atoms with E-state index < -0.39 is 11.7 Å². The molecule has 0 amide bonds. The number of aryl methyl sites for hydroxylation is 2. The Morgan fingerprint density at radius 2 is 1.76 bits per heavy atom. The van der Waals surface area contributed by atoms with Crippen LogP contribution in [0.1, 0.15) is 23.1 Å². The van der Waals surface area contributed by atoms with Crippen molar-refractivity contribution in [2.75, 3.05) is 19.8 Å². The zero-order chi connectivity index (χ0) is 23.4. The Kier molecular flexibility index (Phi) is 6.97. The van der Waals surface area contributed by atoms with Crippen molar-refractivity contribution >= 4 is 23.6 Å². The van der Waals surface area contributed by atoms with E-state index in [4.69, 9.17) is 25.8 Å². The van der Waals surface area contributed by atoms with Gasteiger partial charge in [-0.15, -0.1) is 0 Å². The largest absolute Gasteiger partial charge is 0.491 e. The van der Waals surface area contributed by atoms with Crippen LogP contribution in [0.25, 0.3) is 0 Å². The van der Waals surface area contributed by atoms with E-state index in [0.717, 1.165) is 11.6 Å². The highest BCUT2D eigenvalue weighted by Crippen LogP contribution is 2.32. The molecule has 176 valence electrons. The Bertz CT molecular complexity index is 1060. The van der Waals surface area contributed by atoms with E-state index in [9.17, 15) is 13.2 Å². The fourth-order valence-electron chi connectivity index (χ4n) is 3.53. The SMILES string of the molecule is Cc1cc(OCC2COC(NC3=NC(CCc4ccccc4C(F)(F)F)CO3)=N2)ccc1Cl. The summed E-state index contributed by atoms with van der Waals surface area (Å²) in [5, 5.41) is 3.57. The third-order valence-corrected chi connectivity index (χ3v) is 5.70. The molecule has 0 aliphatic carbocycles. The third-order valence-electron chi connectivity index (χ3n) is 5.28. The second kappa shape index (κ2) is 9.91. The third kappa shape index (κ3) is 6.10. The van der Waals surface area contributed by atoms with Crippen LogP contribution in [0, 0.1) is 6.92 Å². The maximum atomic E-state index is 13.2. The molecule has 2 aliphatic heterocycles. The van der Waals surface area contributed by atoms with E-state index >= 15 is 0 Å². The molecule has 0 aromatic heterocycles. The van der Waals surface area contributed by atoms with Gasteiger partial charge in [-0.3, -0.25) is 5.32 Å². The van der Waals surface area contributed by atoms with Gasteiger partial charge in [0.05, 0.1) is 11.6 Å². The zero-order valence-corrected chi connectivity index (χ0v) is 18.6. The minimum atomic E-state index is -4.37. The van der Waals surface area contributed by atoms with Gasteiger partial charge in [-0.05, 0) is 55.2 Å². The summed E-state index contributed by atoms with van der Waals surface area (Å²) in [5.74, 6) is 0.701. The van der Waals surface area contributed by atoms with E-state index in [-0.39, 0.29) is 42.7 Å². The predicted octanol–water partition coefficient (Wildman–Crippen LogP) is 4.78. The van der Waals surface area contributed by atoms with E-state index in [1.165, 1.54) is 12.1 Å². The maximum absolute atomic E-state index is 13.2. The monoisotopic (exact) mass is 481 g/mol. The minimum absolute atomic E-state index is 0.194. The number of ether oxygens (including phenoxy) is 3. The molecule has 2 aromatic carbocycles. The van der Waals surface area contributed by atoms with Crippen LogP contribution in [0.5, 0.6) is 5.75 Å². The summed E-state index contributed by atoms with van der Waals surface area (Å²) in [5.41, 5.74) is 0.571. The van der Waals surface area contributed by atoms with Crippen LogP contribution in [-0.4, -0.2) is 43.9 Å². The molecule has 2 heterocycles. The number of nitrogens with one attached hydrogen (secondary N) is 1. The van der Waals surface area contributed by atoms with Crippen LogP contribution in [0.3, 0.4) is 0 Å². The van der Waals surface area contributed by atoms with Gasteiger partial charge in [0.25, 0.3) is 12.0 Å². The molecule has 4 rings (SSSR count). The fourth-order valence-corrected chi connectivity index (χ4v) is 3.65. The standard InChI is InChI=1S/C23H23ClF3N3O3/c1-14-10-18(8-9-20(14)24)31-12-17-13-33-22(29-17)30-21-28-16(11-32-21)7-6-15-4-2-3-5-19(15)23(25,26)27/h2-5,8-10,16-17H,6-7,11-13H2,1H3,(H,28,29,30). The number of hydrogen-bond acceptors (Lipinski definition) is 6. The van der Waals surface area contributed by atoms with E-state index in [0.29, 0.717) is 30.4 Å². The van der Waals surface area contributed by atoms with Crippen molar-refractivity contribution in [1.29, 1.82) is 0 Å². The van der Waals surface area contributed by atoms with Crippen molar-refractivity contribution in [1.82, 2.24) is 5.32 Å². The Morgan fingerprint density at radius 3 is 2.48 bits per heavy atom. The summed E-state index contributed by atoms with van der Waals surface area (Å²) >= 11 is 6.02. The van der Waals surface area contributed by atoms with Crippen LogP contribution >= 0.6 is 11.6 Å². The van der Waals surface area contributed by atoms with Crippen molar-refractivity contribution in [2.45, 2.75) is 38.0 Å². The lowest BCUT2D eigenvalue weighted by atomic mass is 10.0. The highest BCUT2D eigenvalue weighted by molar-refractivity contribution is 6.31. The topological polar surface area (TPSA) is 64.4 Å². The molecule has 2 aliphatic rings. The number of amidine groups is 2. The van der Waals surface area contributed by atoms with Gasteiger partial charge in [0.2, 0.25) is 0 Å². The smallest absolute Gasteiger partial charge is 0.416 e. The first-order valence-electron chi connectivity index (χ1n) is 10.5. The Balaban J connectivity index is 1.27. The average Bonchev–Trinajstić information content (AvgIpc) is 3.42. The number of alkyl halides is 3. The van der Waals surface area contributed by atoms with Gasteiger partial charge in [-0.1, -0.05) is 29.8 Å². The Labute approximate surface area is 194 Å². The number of aliphatic imine (C=N–C) groups is 2. The van der Waals surface area contributed by atoms with Crippen LogP contribution in [0.15, 0.2) is 52.4 Å². The summed E-state index contributed by atoms with van der Waals surface area (Å²) in [7, 11) is 0. The average molecular weight is 482 g/mol. The number of halogens is 4. The number of nitrogens with zero attached hydrogens (tertiary/aromatic N) is 2. The molecule has 33 heavy (non-hydrogen) atoms. The maximum Gasteiger partial charge on any atom is 0.416 e. The molecule has 2 unspecified atom stereocenters. The van der Waals surface area contributed by atoms with Gasteiger partial charge in [0.15, 0.2) is 0 Å². The fraction of sp³-hybridized carbons (Fsp3) is 0.391. The molecule has 0 spiro atoms. The molecule has 10 heteroatoms. The van der Waals surface area contributed by atoms with Crippen LogP contribution in [0.2, 0.25) is 5.02 Å². The normalized spacial score (nSPS) is 20.0. The Morgan fingerprint density at radius 1 is 1.06 bits per heavy atom. The first kappa shape index (κ1) is 23.2. The molecule has 2 atom stereocenters. The van der Waals surface area contributed by atoms with Gasteiger partial charge in [0, 0.05) is 5.02 Å². The molecule has 0 saturated carbocycles. The van der Waals surface area contributed by atoms with Gasteiger partial charge < -0.3 is 14.2 Å². The molecule has 0 radical (unpaired) electrons. The highest BCUT2D eigenvalue weighted by Gasteiger charge is 2.33. The molecule has 2 aromatic rings. The summed E-state index contributed by atoms with van der Waals surface area (Å²) in [6.07, 6.45) is -3.69. The predicted molar refractivity (Wildman–Crippen MR) is 119 cm³/mol. The lowest BCUT2D eigenvalue weighted by Crippen LogP contribution is -2.30. The van der Waals surface area contributed by atoms with Gasteiger partial charge in [-0.2, -0.15) is 13.2 Å². The van der Waals surface area contributed by atoms with Crippen molar-refractivity contribution in [3.63, 3.8) is 0 Å².